The number of nitrogens with one attached hydrogen (secondary N) is 2. The van der Waals surface area contributed by atoms with Gasteiger partial charge in [-0.1, -0.05) is 27.7 Å². The van der Waals surface area contributed by atoms with E-state index in [-0.39, 0.29) is 11.6 Å². The smallest absolute Gasteiger partial charge is 0.408 e. The highest BCUT2D eigenvalue weighted by Gasteiger charge is 2.29. The Balaban J connectivity index is 4.40. The molecule has 0 aromatic heterocycles. The summed E-state index contributed by atoms with van der Waals surface area (Å²) < 4.78 is 5.36. The highest BCUT2D eigenvalue weighted by molar-refractivity contribution is 5.68. The number of ether oxygens (including phenoxy) is 1. The van der Waals surface area contributed by atoms with E-state index in [0.29, 0.717) is 5.92 Å². The molecule has 0 atom stereocenters. The number of hydrogen-bond donors (Lipinski definition) is 2. The molecule has 0 heterocycles. The summed E-state index contributed by atoms with van der Waals surface area (Å²) in [5.41, 5.74) is -0.679. The van der Waals surface area contributed by atoms with Gasteiger partial charge in [0.25, 0.3) is 0 Å². The molecule has 0 fully saturated rings. The maximum Gasteiger partial charge on any atom is 0.408 e. The molecule has 2 N–H and O–H groups in total. The maximum atomic E-state index is 12.0. The zero-order valence-corrected chi connectivity index (χ0v) is 14.4. The van der Waals surface area contributed by atoms with Crippen LogP contribution in [0, 0.1) is 5.92 Å². The Bertz CT molecular complexity index is 279. The fourth-order valence-corrected chi connectivity index (χ4v) is 1.96. The lowest BCUT2D eigenvalue weighted by molar-refractivity contribution is 0.0446. The quantitative estimate of drug-likeness (QED) is 0.669. The van der Waals surface area contributed by atoms with Crippen molar-refractivity contribution in [3.05, 3.63) is 0 Å². The summed E-state index contributed by atoms with van der Waals surface area (Å²) in [7, 11) is 0. The van der Waals surface area contributed by atoms with Gasteiger partial charge in [0.1, 0.15) is 5.60 Å². The molecule has 0 aliphatic heterocycles. The molecule has 20 heavy (non-hydrogen) atoms. The average Bonchev–Trinajstić information content (AvgIpc) is 2.30. The van der Waals surface area contributed by atoms with E-state index in [2.05, 4.69) is 38.3 Å². The molecule has 0 spiro atoms. The lowest BCUT2D eigenvalue weighted by Gasteiger charge is -2.34. The van der Waals surface area contributed by atoms with Gasteiger partial charge in [-0.05, 0) is 52.5 Å². The zero-order valence-electron chi connectivity index (χ0n) is 14.4. The molecular weight excluding hydrogens is 252 g/mol. The van der Waals surface area contributed by atoms with Crippen molar-refractivity contribution in [2.75, 3.05) is 13.1 Å². The lowest BCUT2D eigenvalue weighted by atomic mass is 9.92. The first-order valence-corrected chi connectivity index (χ1v) is 7.86. The summed E-state index contributed by atoms with van der Waals surface area (Å²) in [6.07, 6.45) is 2.59. The van der Waals surface area contributed by atoms with Crippen LogP contribution in [-0.4, -0.2) is 30.3 Å². The van der Waals surface area contributed by atoms with E-state index in [9.17, 15) is 4.79 Å². The van der Waals surface area contributed by atoms with E-state index >= 15 is 0 Å². The third-order valence-electron chi connectivity index (χ3n) is 3.48. The third-order valence-corrected chi connectivity index (χ3v) is 3.48. The molecule has 4 nitrogen and oxygen atoms in total. The molecular formula is C16H34N2O2. The Labute approximate surface area is 125 Å². The fraction of sp³-hybridized carbons (Fsp3) is 0.938. The monoisotopic (exact) mass is 286 g/mol. The predicted molar refractivity (Wildman–Crippen MR) is 85.0 cm³/mol. The van der Waals surface area contributed by atoms with Gasteiger partial charge in [-0.2, -0.15) is 0 Å². The number of carbonyl (C=O) groups is 1. The molecule has 0 bridgehead atoms. The first-order valence-electron chi connectivity index (χ1n) is 7.86. The average molecular weight is 286 g/mol. The van der Waals surface area contributed by atoms with Gasteiger partial charge in [0.05, 0.1) is 5.54 Å². The van der Waals surface area contributed by atoms with Crippen LogP contribution in [0.4, 0.5) is 4.79 Å². The second-order valence-electron chi connectivity index (χ2n) is 6.97. The minimum absolute atomic E-state index is 0.223. The van der Waals surface area contributed by atoms with E-state index in [1.165, 1.54) is 0 Å². The van der Waals surface area contributed by atoms with Gasteiger partial charge in [0.15, 0.2) is 0 Å². The molecule has 0 radical (unpaired) electrons. The standard InChI is InChI=1S/C16H34N2O2/c1-8-16(9-2,12-17-11-10-13(3)4)18-14(19)20-15(5,6)7/h13,17H,8-12H2,1-7H3,(H,18,19). The molecule has 0 rings (SSSR count). The summed E-state index contributed by atoms with van der Waals surface area (Å²) in [4.78, 5) is 12.0. The fourth-order valence-electron chi connectivity index (χ4n) is 1.96. The van der Waals surface area contributed by atoms with Gasteiger partial charge in [0.2, 0.25) is 0 Å². The zero-order chi connectivity index (χ0) is 15.8. The van der Waals surface area contributed by atoms with E-state index in [0.717, 1.165) is 32.4 Å². The largest absolute Gasteiger partial charge is 0.444 e. The van der Waals surface area contributed by atoms with Crippen molar-refractivity contribution in [2.45, 2.75) is 78.9 Å². The van der Waals surface area contributed by atoms with Crippen molar-refractivity contribution < 1.29 is 9.53 Å². The van der Waals surface area contributed by atoms with Crippen molar-refractivity contribution in [2.24, 2.45) is 5.92 Å². The van der Waals surface area contributed by atoms with Crippen molar-refractivity contribution in [3.8, 4) is 0 Å². The van der Waals surface area contributed by atoms with Crippen LogP contribution in [0.2, 0.25) is 0 Å². The molecule has 0 unspecified atom stereocenters. The Morgan fingerprint density at radius 3 is 2.10 bits per heavy atom. The second kappa shape index (κ2) is 8.50. The molecule has 0 aliphatic carbocycles. The van der Waals surface area contributed by atoms with Crippen molar-refractivity contribution >= 4 is 6.09 Å². The molecule has 0 aliphatic rings. The third kappa shape index (κ3) is 8.41. The van der Waals surface area contributed by atoms with Gasteiger partial charge in [-0.25, -0.2) is 4.79 Å². The van der Waals surface area contributed by atoms with Gasteiger partial charge in [-0.3, -0.25) is 0 Å². The second-order valence-corrected chi connectivity index (χ2v) is 6.97. The van der Waals surface area contributed by atoms with Crippen LogP contribution >= 0.6 is 0 Å². The van der Waals surface area contributed by atoms with Crippen LogP contribution in [0.5, 0.6) is 0 Å². The summed E-state index contributed by atoms with van der Waals surface area (Å²) in [5, 5.41) is 6.51. The number of alkyl carbamates (subject to hydrolysis) is 1. The number of carbonyl (C=O) groups excluding carboxylic acids is 1. The predicted octanol–water partition coefficient (Wildman–Crippen LogP) is 3.71. The minimum atomic E-state index is -0.456. The van der Waals surface area contributed by atoms with Crippen LogP contribution in [0.15, 0.2) is 0 Å². The summed E-state index contributed by atoms with van der Waals surface area (Å²) in [6.45, 7) is 16.0. The molecule has 0 saturated carbocycles. The van der Waals surface area contributed by atoms with Gasteiger partial charge >= 0.3 is 6.09 Å². The highest BCUT2D eigenvalue weighted by Crippen LogP contribution is 2.16. The van der Waals surface area contributed by atoms with Crippen molar-refractivity contribution in [1.82, 2.24) is 10.6 Å². The number of hydrogen-bond acceptors (Lipinski definition) is 3. The number of amides is 1. The molecule has 4 heteroatoms. The summed E-state index contributed by atoms with van der Waals surface area (Å²) in [5.74, 6) is 0.693. The Morgan fingerprint density at radius 2 is 1.70 bits per heavy atom. The molecule has 0 saturated heterocycles. The van der Waals surface area contributed by atoms with Crippen LogP contribution in [0.3, 0.4) is 0 Å². The minimum Gasteiger partial charge on any atom is -0.444 e. The molecule has 0 aromatic rings. The topological polar surface area (TPSA) is 50.4 Å². The Morgan fingerprint density at radius 1 is 1.15 bits per heavy atom. The van der Waals surface area contributed by atoms with Crippen molar-refractivity contribution in [1.29, 1.82) is 0 Å². The SMILES string of the molecule is CCC(CC)(CNCCC(C)C)NC(=O)OC(C)(C)C. The number of rotatable bonds is 8. The maximum absolute atomic E-state index is 12.0. The lowest BCUT2D eigenvalue weighted by Crippen LogP contribution is -2.55. The summed E-state index contributed by atoms with van der Waals surface area (Å²) in [6, 6.07) is 0. The van der Waals surface area contributed by atoms with Crippen LogP contribution in [0.25, 0.3) is 0 Å². The highest BCUT2D eigenvalue weighted by atomic mass is 16.6. The molecule has 1 amide bonds. The van der Waals surface area contributed by atoms with Gasteiger partial charge in [0, 0.05) is 6.54 Å². The summed E-state index contributed by atoms with van der Waals surface area (Å²) >= 11 is 0. The van der Waals surface area contributed by atoms with E-state index in [4.69, 9.17) is 4.74 Å². The normalized spacial score (nSPS) is 12.6. The Kier molecular flexibility index (Phi) is 8.17. The van der Waals surface area contributed by atoms with E-state index in [1.807, 2.05) is 20.8 Å². The van der Waals surface area contributed by atoms with E-state index in [1.54, 1.807) is 0 Å². The molecule has 0 aromatic carbocycles. The van der Waals surface area contributed by atoms with Crippen LogP contribution < -0.4 is 10.6 Å². The van der Waals surface area contributed by atoms with Gasteiger partial charge < -0.3 is 15.4 Å². The van der Waals surface area contributed by atoms with Crippen molar-refractivity contribution in [3.63, 3.8) is 0 Å². The van der Waals surface area contributed by atoms with Gasteiger partial charge in [-0.15, -0.1) is 0 Å². The Hall–Kier alpha value is -0.770. The first-order chi connectivity index (χ1) is 9.14. The first kappa shape index (κ1) is 19.2. The molecule has 120 valence electrons. The van der Waals surface area contributed by atoms with E-state index < -0.39 is 5.60 Å². The van der Waals surface area contributed by atoms with Crippen LogP contribution in [0.1, 0.15) is 67.7 Å². The van der Waals surface area contributed by atoms with Crippen LogP contribution in [-0.2, 0) is 4.74 Å².